The van der Waals surface area contributed by atoms with Crippen LogP contribution in [0.4, 0.5) is 5.82 Å². The van der Waals surface area contributed by atoms with Crippen molar-refractivity contribution in [3.05, 3.63) is 59.6 Å². The van der Waals surface area contributed by atoms with Gasteiger partial charge in [-0.05, 0) is 36.8 Å². The number of allylic oxidation sites excluding steroid dienone is 2. The van der Waals surface area contributed by atoms with Gasteiger partial charge in [0.25, 0.3) is 5.56 Å². The van der Waals surface area contributed by atoms with Gasteiger partial charge >= 0.3 is 5.69 Å². The Bertz CT molecular complexity index is 1050. The van der Waals surface area contributed by atoms with Crippen LogP contribution < -0.4 is 16.6 Å². The van der Waals surface area contributed by atoms with Crippen LogP contribution in [0.1, 0.15) is 41.2 Å². The highest BCUT2D eigenvalue weighted by atomic mass is 32.1. The quantitative estimate of drug-likeness (QED) is 0.847. The van der Waals surface area contributed by atoms with E-state index in [1.54, 1.807) is 18.4 Å². The normalized spacial score (nSPS) is 19.5. The lowest BCUT2D eigenvalue weighted by Gasteiger charge is -2.34. The van der Waals surface area contributed by atoms with Crippen molar-refractivity contribution in [1.29, 1.82) is 0 Å². The van der Waals surface area contributed by atoms with Gasteiger partial charge in [0, 0.05) is 36.7 Å². The van der Waals surface area contributed by atoms with Gasteiger partial charge in [-0.1, -0.05) is 0 Å². The van der Waals surface area contributed by atoms with E-state index in [9.17, 15) is 14.4 Å². The standard InChI is InChI=1S/C18H19N3O3S/c1-9-7-8-25-15(9)13-12-10(5-4-6-11(12)22)19-16-14(13)17(23)21(3)18(24)20(16)2/h7-8,13,19H,4-6H2,1-3H3. The first-order valence-corrected chi connectivity index (χ1v) is 9.17. The van der Waals surface area contributed by atoms with Crippen molar-refractivity contribution in [2.24, 2.45) is 14.1 Å². The molecule has 0 spiro atoms. The monoisotopic (exact) mass is 357 g/mol. The molecule has 0 saturated heterocycles. The van der Waals surface area contributed by atoms with E-state index in [0.29, 0.717) is 23.4 Å². The minimum absolute atomic E-state index is 0.0908. The zero-order valence-corrected chi connectivity index (χ0v) is 15.2. The molecule has 0 radical (unpaired) electrons. The number of hydrogen-bond donors (Lipinski definition) is 1. The maximum Gasteiger partial charge on any atom is 0.332 e. The van der Waals surface area contributed by atoms with E-state index in [1.807, 2.05) is 18.4 Å². The SMILES string of the molecule is Cc1ccsc1C1C2=C(CCCC2=O)Nc2c1c(=O)n(C)c(=O)n2C. The first-order chi connectivity index (χ1) is 11.9. The summed E-state index contributed by atoms with van der Waals surface area (Å²) in [6.45, 7) is 1.99. The third kappa shape index (κ3) is 2.18. The molecule has 3 heterocycles. The fourth-order valence-electron chi connectivity index (χ4n) is 3.84. The lowest BCUT2D eigenvalue weighted by molar-refractivity contribution is -0.116. The topological polar surface area (TPSA) is 73.1 Å². The molecule has 0 fully saturated rings. The summed E-state index contributed by atoms with van der Waals surface area (Å²) >= 11 is 1.55. The first-order valence-electron chi connectivity index (χ1n) is 8.29. The molecular formula is C18H19N3O3S. The van der Waals surface area contributed by atoms with E-state index in [4.69, 9.17) is 0 Å². The van der Waals surface area contributed by atoms with Crippen LogP contribution in [0.25, 0.3) is 0 Å². The number of carbonyl (C=O) groups excluding carboxylic acids is 1. The summed E-state index contributed by atoms with van der Waals surface area (Å²) in [4.78, 5) is 39.1. The van der Waals surface area contributed by atoms with Crippen LogP contribution in [0.5, 0.6) is 0 Å². The summed E-state index contributed by atoms with van der Waals surface area (Å²) in [6, 6.07) is 2.00. The molecule has 130 valence electrons. The Hall–Kier alpha value is -2.41. The molecule has 6 nitrogen and oxygen atoms in total. The Morgan fingerprint density at radius 1 is 1.16 bits per heavy atom. The summed E-state index contributed by atoms with van der Waals surface area (Å²) < 4.78 is 2.59. The number of thiophene rings is 1. The van der Waals surface area contributed by atoms with Crippen molar-refractivity contribution in [3.8, 4) is 0 Å². The number of anilines is 1. The van der Waals surface area contributed by atoms with Gasteiger partial charge < -0.3 is 5.32 Å². The lowest BCUT2D eigenvalue weighted by Crippen LogP contribution is -2.43. The average molecular weight is 357 g/mol. The maximum atomic E-state index is 13.0. The Balaban J connectivity index is 2.11. The molecule has 2 aromatic heterocycles. The molecule has 0 aromatic carbocycles. The third-order valence-electron chi connectivity index (χ3n) is 5.17. The van der Waals surface area contributed by atoms with Crippen molar-refractivity contribution >= 4 is 22.9 Å². The van der Waals surface area contributed by atoms with E-state index in [1.165, 1.54) is 11.6 Å². The van der Waals surface area contributed by atoms with Gasteiger partial charge in [-0.3, -0.25) is 18.7 Å². The van der Waals surface area contributed by atoms with E-state index in [0.717, 1.165) is 33.5 Å². The Morgan fingerprint density at radius 2 is 1.92 bits per heavy atom. The molecule has 25 heavy (non-hydrogen) atoms. The molecule has 1 aliphatic heterocycles. The number of hydrogen-bond acceptors (Lipinski definition) is 5. The van der Waals surface area contributed by atoms with Crippen molar-refractivity contribution in [2.45, 2.75) is 32.1 Å². The fraction of sp³-hybridized carbons (Fsp3) is 0.389. The van der Waals surface area contributed by atoms with Crippen LogP contribution >= 0.6 is 11.3 Å². The summed E-state index contributed by atoms with van der Waals surface area (Å²) in [7, 11) is 3.14. The highest BCUT2D eigenvalue weighted by molar-refractivity contribution is 7.10. The molecule has 1 atom stereocenters. The van der Waals surface area contributed by atoms with E-state index >= 15 is 0 Å². The molecule has 0 saturated carbocycles. The second kappa shape index (κ2) is 5.56. The number of carbonyl (C=O) groups is 1. The van der Waals surface area contributed by atoms with Gasteiger partial charge in [0.2, 0.25) is 0 Å². The summed E-state index contributed by atoms with van der Waals surface area (Å²) in [5.74, 6) is 0.206. The molecule has 7 heteroatoms. The summed E-state index contributed by atoms with van der Waals surface area (Å²) in [5.41, 5.74) is 2.38. The molecule has 1 unspecified atom stereocenters. The smallest absolute Gasteiger partial charge is 0.332 e. The second-order valence-corrected chi connectivity index (χ2v) is 7.61. The number of nitrogens with one attached hydrogen (secondary N) is 1. The van der Waals surface area contributed by atoms with Gasteiger partial charge in [-0.15, -0.1) is 11.3 Å². The van der Waals surface area contributed by atoms with Crippen LogP contribution in [0.2, 0.25) is 0 Å². The van der Waals surface area contributed by atoms with Gasteiger partial charge in [-0.25, -0.2) is 4.79 Å². The molecule has 0 amide bonds. The predicted octanol–water partition coefficient (Wildman–Crippen LogP) is 2.02. The summed E-state index contributed by atoms with van der Waals surface area (Å²) in [5, 5.41) is 5.21. The average Bonchev–Trinajstić information content (AvgIpc) is 3.02. The zero-order chi connectivity index (χ0) is 17.9. The predicted molar refractivity (Wildman–Crippen MR) is 97.3 cm³/mol. The van der Waals surface area contributed by atoms with Gasteiger partial charge in [0.15, 0.2) is 5.78 Å². The number of nitrogens with zero attached hydrogens (tertiary/aromatic N) is 2. The van der Waals surface area contributed by atoms with Crippen LogP contribution in [-0.4, -0.2) is 14.9 Å². The second-order valence-electron chi connectivity index (χ2n) is 6.66. The van der Waals surface area contributed by atoms with E-state index in [-0.39, 0.29) is 17.0 Å². The Labute approximate surface area is 148 Å². The first kappa shape index (κ1) is 16.1. The van der Waals surface area contributed by atoms with Crippen molar-refractivity contribution in [2.75, 3.05) is 5.32 Å². The van der Waals surface area contributed by atoms with Gasteiger partial charge in [-0.2, -0.15) is 0 Å². The summed E-state index contributed by atoms with van der Waals surface area (Å²) in [6.07, 6.45) is 2.04. The van der Waals surface area contributed by atoms with Crippen LogP contribution in [0.15, 0.2) is 32.3 Å². The highest BCUT2D eigenvalue weighted by Crippen LogP contribution is 2.45. The molecule has 2 aromatic rings. The number of Topliss-reactive ketones (excluding diaryl/α,β-unsaturated/α-hetero) is 1. The number of ketones is 1. The van der Waals surface area contributed by atoms with Crippen molar-refractivity contribution in [3.63, 3.8) is 0 Å². The zero-order valence-electron chi connectivity index (χ0n) is 14.4. The largest absolute Gasteiger partial charge is 0.344 e. The highest BCUT2D eigenvalue weighted by Gasteiger charge is 2.39. The molecular weight excluding hydrogens is 338 g/mol. The molecule has 4 rings (SSSR count). The van der Waals surface area contributed by atoms with E-state index in [2.05, 4.69) is 5.32 Å². The Morgan fingerprint density at radius 3 is 2.60 bits per heavy atom. The third-order valence-corrected chi connectivity index (χ3v) is 6.25. The molecule has 2 aliphatic rings. The fourth-order valence-corrected chi connectivity index (χ4v) is 4.88. The van der Waals surface area contributed by atoms with Gasteiger partial charge in [0.1, 0.15) is 5.82 Å². The Kier molecular flexibility index (Phi) is 3.57. The van der Waals surface area contributed by atoms with Crippen molar-refractivity contribution < 1.29 is 4.79 Å². The van der Waals surface area contributed by atoms with Crippen molar-refractivity contribution in [1.82, 2.24) is 9.13 Å². The minimum Gasteiger partial charge on any atom is -0.344 e. The number of aromatic nitrogens is 2. The maximum absolute atomic E-state index is 13.0. The number of fused-ring (bicyclic) bond motifs is 1. The molecule has 0 bridgehead atoms. The van der Waals surface area contributed by atoms with Gasteiger partial charge in [0.05, 0.1) is 11.5 Å². The molecule has 1 aliphatic carbocycles. The number of aryl methyl sites for hydroxylation is 1. The lowest BCUT2D eigenvalue weighted by atomic mass is 9.78. The van der Waals surface area contributed by atoms with E-state index < -0.39 is 5.92 Å². The minimum atomic E-state index is -0.399. The van der Waals surface area contributed by atoms with Crippen LogP contribution in [-0.2, 0) is 18.9 Å². The molecule has 1 N–H and O–H groups in total. The van der Waals surface area contributed by atoms with Crippen LogP contribution in [0, 0.1) is 6.92 Å². The van der Waals surface area contributed by atoms with Crippen LogP contribution in [0.3, 0.4) is 0 Å². The number of rotatable bonds is 1.